The first-order valence-electron chi connectivity index (χ1n) is 7.16. The third-order valence-electron chi connectivity index (χ3n) is 2.01. The van der Waals surface area contributed by atoms with Crippen molar-refractivity contribution in [1.82, 2.24) is 0 Å². The fourth-order valence-corrected chi connectivity index (χ4v) is 1.02. The van der Waals surface area contributed by atoms with Gasteiger partial charge in [-0.2, -0.15) is 0 Å². The summed E-state index contributed by atoms with van der Waals surface area (Å²) in [7, 11) is 0. The van der Waals surface area contributed by atoms with E-state index in [2.05, 4.69) is 41.5 Å². The molecule has 153 valence electrons. The van der Waals surface area contributed by atoms with Gasteiger partial charge in [-0.05, 0) is 53.4 Å². The molecule has 0 aromatic heterocycles. The second kappa shape index (κ2) is 20.3. The van der Waals surface area contributed by atoms with Gasteiger partial charge in [0.05, 0.1) is 24.4 Å². The van der Waals surface area contributed by atoms with Gasteiger partial charge in [0.1, 0.15) is 0 Å². The van der Waals surface area contributed by atoms with Crippen LogP contribution >= 0.6 is 0 Å². The minimum atomic E-state index is -0.108. The maximum atomic E-state index is 8.30. The van der Waals surface area contributed by atoms with E-state index in [4.69, 9.17) is 14.6 Å². The van der Waals surface area contributed by atoms with Crippen molar-refractivity contribution in [3.8, 4) is 0 Å². The van der Waals surface area contributed by atoms with Crippen molar-refractivity contribution in [2.24, 2.45) is 5.41 Å². The van der Waals surface area contributed by atoms with Crippen LogP contribution in [0.5, 0.6) is 0 Å². The van der Waals surface area contributed by atoms with Gasteiger partial charge >= 0.3 is 0 Å². The summed E-state index contributed by atoms with van der Waals surface area (Å²) in [6.07, 6.45) is 1.13. The molecule has 0 unspecified atom stereocenters. The van der Waals surface area contributed by atoms with Crippen LogP contribution < -0.4 is 0 Å². The van der Waals surface area contributed by atoms with Crippen molar-refractivity contribution in [1.29, 1.82) is 0 Å². The van der Waals surface area contributed by atoms with Gasteiger partial charge in [0.2, 0.25) is 0 Å². The zero-order valence-electron chi connectivity index (χ0n) is 15.2. The molecular weight excluding hydrogens is 377 g/mol. The van der Waals surface area contributed by atoms with E-state index in [9.17, 15) is 0 Å². The summed E-state index contributed by atoms with van der Waals surface area (Å²) in [5.41, 5.74) is 0.305. The van der Waals surface area contributed by atoms with Gasteiger partial charge in [0.15, 0.2) is 0 Å². The Kier molecular flexibility index (Phi) is 37.6. The number of aliphatic hydroxyl groups excluding tert-OH is 1. The molecule has 24 heavy (non-hydrogen) atoms. The van der Waals surface area contributed by atoms with Crippen molar-refractivity contribution in [3.05, 3.63) is 0 Å². The standard InChI is InChI=1S/C10H22O.C6H14O2.4CH4.Y/c1-9(2,3)7-8-11-10(4,5)6;1-6(2,3)8-5-4-7;;;;;/h7-8H2,1-6H3;7H,4-5H2,1-3H3;4*1H4;. The molecule has 0 spiro atoms. The minimum Gasteiger partial charge on any atom is -0.394 e. The van der Waals surface area contributed by atoms with E-state index in [1.165, 1.54) is 0 Å². The van der Waals surface area contributed by atoms with Crippen LogP contribution in [0.4, 0.5) is 0 Å². The molecule has 0 saturated heterocycles. The van der Waals surface area contributed by atoms with E-state index in [1.807, 2.05) is 20.8 Å². The zero-order chi connectivity index (χ0) is 15.7. The molecule has 0 saturated carbocycles. The first kappa shape index (κ1) is 44.4. The molecule has 0 aromatic rings. The summed E-state index contributed by atoms with van der Waals surface area (Å²) in [6.45, 7) is 20.3. The molecule has 0 fully saturated rings. The van der Waals surface area contributed by atoms with Crippen molar-refractivity contribution >= 4 is 0 Å². The molecule has 0 heterocycles. The van der Waals surface area contributed by atoms with E-state index in [0.717, 1.165) is 13.0 Å². The summed E-state index contributed by atoms with van der Waals surface area (Å²) in [4.78, 5) is 0. The zero-order valence-corrected chi connectivity index (χ0v) is 18.0. The summed E-state index contributed by atoms with van der Waals surface area (Å²) in [5.74, 6) is 0. The fraction of sp³-hybridized carbons (Fsp3) is 1.00. The van der Waals surface area contributed by atoms with Gasteiger partial charge in [0, 0.05) is 39.3 Å². The van der Waals surface area contributed by atoms with Gasteiger partial charge in [-0.3, -0.25) is 0 Å². The average Bonchev–Trinajstić information content (AvgIpc) is 2.10. The van der Waals surface area contributed by atoms with Crippen molar-refractivity contribution in [2.45, 2.75) is 110 Å². The van der Waals surface area contributed by atoms with Gasteiger partial charge in [-0.15, -0.1) is 0 Å². The summed E-state index contributed by atoms with van der Waals surface area (Å²) >= 11 is 0. The Morgan fingerprint density at radius 3 is 1.08 bits per heavy atom. The van der Waals surface area contributed by atoms with Crippen LogP contribution in [-0.4, -0.2) is 36.1 Å². The smallest absolute Gasteiger partial charge is 0.0704 e. The molecule has 1 N–H and O–H groups in total. The third kappa shape index (κ3) is 56.8. The van der Waals surface area contributed by atoms with Crippen LogP contribution in [0.15, 0.2) is 0 Å². The summed E-state index contributed by atoms with van der Waals surface area (Å²) < 4.78 is 10.7. The van der Waals surface area contributed by atoms with Crippen molar-refractivity contribution in [2.75, 3.05) is 19.8 Å². The van der Waals surface area contributed by atoms with Crippen LogP contribution in [0.1, 0.15) is 98.4 Å². The molecule has 0 rings (SSSR count). The average molecular weight is 430 g/mol. The van der Waals surface area contributed by atoms with E-state index < -0.39 is 0 Å². The van der Waals surface area contributed by atoms with Gasteiger partial charge in [-0.25, -0.2) is 0 Å². The Morgan fingerprint density at radius 1 is 0.625 bits per heavy atom. The second-order valence-corrected chi connectivity index (χ2v) is 7.96. The van der Waals surface area contributed by atoms with Gasteiger partial charge in [-0.1, -0.05) is 50.5 Å². The van der Waals surface area contributed by atoms with Crippen LogP contribution in [0.3, 0.4) is 0 Å². The SMILES string of the molecule is C.C.C.C.CC(C)(C)CCOC(C)(C)C.CC(C)(C)OCCO.[Y]. The predicted octanol–water partition coefficient (Wildman–Crippen LogP) is 6.57. The molecule has 4 heteroatoms. The molecule has 0 aromatic carbocycles. The van der Waals surface area contributed by atoms with Gasteiger partial charge in [0.25, 0.3) is 0 Å². The number of hydrogen-bond acceptors (Lipinski definition) is 3. The number of hydrogen-bond donors (Lipinski definition) is 1. The first-order chi connectivity index (χ1) is 8.27. The quantitative estimate of drug-likeness (QED) is 0.549. The normalized spacial score (nSPS) is 10.2. The van der Waals surface area contributed by atoms with Crippen LogP contribution in [-0.2, 0) is 42.2 Å². The predicted molar refractivity (Wildman–Crippen MR) is 109 cm³/mol. The fourth-order valence-electron chi connectivity index (χ4n) is 1.02. The number of ether oxygens (including phenoxy) is 2. The summed E-state index contributed by atoms with van der Waals surface area (Å²) in [5, 5.41) is 8.30. The minimum absolute atomic E-state index is 0. The monoisotopic (exact) mass is 429 g/mol. The molecule has 0 aliphatic carbocycles. The van der Waals surface area contributed by atoms with E-state index in [0.29, 0.717) is 12.0 Å². The van der Waals surface area contributed by atoms with E-state index >= 15 is 0 Å². The molecular formula is C20H52O3Y. The maximum Gasteiger partial charge on any atom is 0.0704 e. The Labute approximate surface area is 181 Å². The van der Waals surface area contributed by atoms with Crippen LogP contribution in [0.25, 0.3) is 0 Å². The molecule has 0 amide bonds. The van der Waals surface area contributed by atoms with E-state index in [-0.39, 0.29) is 80.2 Å². The van der Waals surface area contributed by atoms with Crippen molar-refractivity contribution in [3.63, 3.8) is 0 Å². The molecule has 1 radical (unpaired) electrons. The second-order valence-electron chi connectivity index (χ2n) is 7.96. The largest absolute Gasteiger partial charge is 0.394 e. The Balaban J connectivity index is -0.0000000410. The van der Waals surface area contributed by atoms with Crippen molar-refractivity contribution < 1.29 is 47.3 Å². The molecule has 0 atom stereocenters. The maximum absolute atomic E-state index is 8.30. The Bertz CT molecular complexity index is 196. The van der Waals surface area contributed by atoms with Gasteiger partial charge < -0.3 is 14.6 Å². The molecule has 0 aliphatic heterocycles. The molecule has 0 aliphatic rings. The molecule has 3 nitrogen and oxygen atoms in total. The summed E-state index contributed by atoms with van der Waals surface area (Å²) in [6, 6.07) is 0. The molecule has 0 bridgehead atoms. The Hall–Kier alpha value is 0.984. The van der Waals surface area contributed by atoms with E-state index in [1.54, 1.807) is 0 Å². The first-order valence-corrected chi connectivity index (χ1v) is 7.16. The topological polar surface area (TPSA) is 38.7 Å². The number of aliphatic hydroxyl groups is 1. The number of rotatable bonds is 4. The van der Waals surface area contributed by atoms with Crippen LogP contribution in [0.2, 0.25) is 0 Å². The Morgan fingerprint density at radius 2 is 0.917 bits per heavy atom. The van der Waals surface area contributed by atoms with Crippen LogP contribution in [0, 0.1) is 5.41 Å². The third-order valence-corrected chi connectivity index (χ3v) is 2.01.